The number of urea groups is 1. The van der Waals surface area contributed by atoms with Gasteiger partial charge in [-0.1, -0.05) is 17.8 Å². The van der Waals surface area contributed by atoms with E-state index in [4.69, 9.17) is 9.72 Å². The summed E-state index contributed by atoms with van der Waals surface area (Å²) in [5.74, 6) is -0.201. The zero-order valence-corrected chi connectivity index (χ0v) is 19.8. The molecule has 0 fully saturated rings. The number of allylic oxidation sites excluding steroid dienone is 1. The van der Waals surface area contributed by atoms with Crippen LogP contribution in [-0.2, 0) is 28.9 Å². The minimum Gasteiger partial charge on any atom is -0.463 e. The van der Waals surface area contributed by atoms with Gasteiger partial charge in [0.15, 0.2) is 5.16 Å². The van der Waals surface area contributed by atoms with Gasteiger partial charge in [0.2, 0.25) is 0 Å². The monoisotopic (exact) mass is 474 g/mol. The molecule has 170 valence electrons. The molecule has 0 radical (unpaired) electrons. The highest BCUT2D eigenvalue weighted by Crippen LogP contribution is 2.35. The van der Waals surface area contributed by atoms with Crippen molar-refractivity contribution in [3.05, 3.63) is 44.7 Å². The Labute approximate surface area is 194 Å². The lowest BCUT2D eigenvalue weighted by Crippen LogP contribution is -2.49. The lowest BCUT2D eigenvalue weighted by atomic mass is 9.97. The van der Waals surface area contributed by atoms with Crippen molar-refractivity contribution >= 4 is 45.3 Å². The number of nitrogens with one attached hydrogen (secondary N) is 2. The van der Waals surface area contributed by atoms with Gasteiger partial charge in [-0.25, -0.2) is 14.6 Å². The minimum atomic E-state index is -0.478. The largest absolute Gasteiger partial charge is 0.463 e. The van der Waals surface area contributed by atoms with Crippen molar-refractivity contribution in [1.82, 2.24) is 20.2 Å². The van der Waals surface area contributed by atoms with E-state index in [1.807, 2.05) is 0 Å². The molecule has 0 saturated heterocycles. The van der Waals surface area contributed by atoms with E-state index < -0.39 is 12.0 Å². The van der Waals surface area contributed by atoms with Crippen LogP contribution >= 0.6 is 23.1 Å². The van der Waals surface area contributed by atoms with E-state index in [1.165, 1.54) is 16.6 Å². The lowest BCUT2D eigenvalue weighted by Gasteiger charge is -2.26. The third kappa shape index (κ3) is 4.21. The number of thioether (sulfide) groups is 1. The predicted molar refractivity (Wildman–Crippen MR) is 126 cm³/mol. The standard InChI is InChI=1S/C22H26N4O4S2/c1-4-10-26-19(27)17-13-8-6-7-9-15(13)32-18(17)25-22(26)31-11-14-16(20(28)30-5-2)12(3)23-21(29)24-14/h4,12H,1,5-11H2,2-3H3,(H2,23,24,29). The van der Waals surface area contributed by atoms with Crippen LogP contribution in [0.4, 0.5) is 4.79 Å². The van der Waals surface area contributed by atoms with Crippen molar-refractivity contribution < 1.29 is 14.3 Å². The highest BCUT2D eigenvalue weighted by Gasteiger charge is 2.30. The molecule has 10 heteroatoms. The number of aromatic nitrogens is 2. The van der Waals surface area contributed by atoms with Gasteiger partial charge in [-0.05, 0) is 45.1 Å². The summed E-state index contributed by atoms with van der Waals surface area (Å²) in [7, 11) is 0. The molecule has 0 saturated carbocycles. The number of esters is 1. The highest BCUT2D eigenvalue weighted by atomic mass is 32.2. The Bertz CT molecular complexity index is 1180. The van der Waals surface area contributed by atoms with Crippen LogP contribution < -0.4 is 16.2 Å². The normalized spacial score (nSPS) is 18.2. The number of carbonyl (C=O) groups is 2. The maximum absolute atomic E-state index is 13.4. The second-order valence-corrected chi connectivity index (χ2v) is 9.74. The smallest absolute Gasteiger partial charge is 0.337 e. The van der Waals surface area contributed by atoms with Gasteiger partial charge in [-0.2, -0.15) is 0 Å². The number of nitrogens with zero attached hydrogens (tertiary/aromatic N) is 2. The van der Waals surface area contributed by atoms with Gasteiger partial charge in [-0.15, -0.1) is 17.9 Å². The number of hydrogen-bond donors (Lipinski definition) is 2. The molecule has 8 nitrogen and oxygen atoms in total. The van der Waals surface area contributed by atoms with Gasteiger partial charge in [0.05, 0.1) is 23.6 Å². The van der Waals surface area contributed by atoms with Gasteiger partial charge < -0.3 is 15.4 Å². The van der Waals surface area contributed by atoms with E-state index in [1.54, 1.807) is 35.8 Å². The van der Waals surface area contributed by atoms with Crippen LogP contribution in [0.25, 0.3) is 10.2 Å². The molecule has 2 aromatic rings. The highest BCUT2D eigenvalue weighted by molar-refractivity contribution is 7.99. The van der Waals surface area contributed by atoms with E-state index in [9.17, 15) is 14.4 Å². The Morgan fingerprint density at radius 1 is 1.38 bits per heavy atom. The van der Waals surface area contributed by atoms with Gasteiger partial charge in [0.1, 0.15) is 4.83 Å². The summed E-state index contributed by atoms with van der Waals surface area (Å²) in [6.07, 6.45) is 5.81. The summed E-state index contributed by atoms with van der Waals surface area (Å²) in [6, 6.07) is -0.854. The van der Waals surface area contributed by atoms with Crippen molar-refractivity contribution in [1.29, 1.82) is 0 Å². The molecule has 4 rings (SSSR count). The Morgan fingerprint density at radius 3 is 2.91 bits per heavy atom. The van der Waals surface area contributed by atoms with Crippen LogP contribution in [0.2, 0.25) is 0 Å². The van der Waals surface area contributed by atoms with Crippen LogP contribution in [0.1, 0.15) is 37.1 Å². The van der Waals surface area contributed by atoms with Crippen LogP contribution in [-0.4, -0.2) is 40.0 Å². The third-order valence-corrected chi connectivity index (χ3v) is 7.75. The van der Waals surface area contributed by atoms with Crippen molar-refractivity contribution in [3.63, 3.8) is 0 Å². The van der Waals surface area contributed by atoms with Crippen molar-refractivity contribution in [2.75, 3.05) is 12.4 Å². The van der Waals surface area contributed by atoms with E-state index in [2.05, 4.69) is 17.2 Å². The predicted octanol–water partition coefficient (Wildman–Crippen LogP) is 3.13. The van der Waals surface area contributed by atoms with E-state index in [-0.39, 0.29) is 24.0 Å². The first-order chi connectivity index (χ1) is 15.4. The molecule has 3 heterocycles. The van der Waals surface area contributed by atoms with Gasteiger partial charge in [0.25, 0.3) is 5.56 Å². The fourth-order valence-electron chi connectivity index (χ4n) is 4.15. The minimum absolute atomic E-state index is 0.0564. The third-order valence-electron chi connectivity index (χ3n) is 5.56. The molecular weight excluding hydrogens is 448 g/mol. The Balaban J connectivity index is 1.73. The van der Waals surface area contributed by atoms with Crippen molar-refractivity contribution in [2.24, 2.45) is 0 Å². The number of hydrogen-bond acceptors (Lipinski definition) is 7. The Kier molecular flexibility index (Phi) is 6.71. The Hall–Kier alpha value is -2.59. The van der Waals surface area contributed by atoms with E-state index in [0.29, 0.717) is 23.0 Å². The molecule has 0 bridgehead atoms. The zero-order chi connectivity index (χ0) is 22.8. The maximum atomic E-state index is 13.4. The van der Waals surface area contributed by atoms with Crippen LogP contribution in [0.5, 0.6) is 0 Å². The molecular formula is C22H26N4O4S2. The van der Waals surface area contributed by atoms with Gasteiger partial charge in [0, 0.05) is 22.9 Å². The average molecular weight is 475 g/mol. The summed E-state index contributed by atoms with van der Waals surface area (Å²) in [5, 5.41) is 6.68. The summed E-state index contributed by atoms with van der Waals surface area (Å²) in [6.45, 7) is 7.84. The topological polar surface area (TPSA) is 102 Å². The summed E-state index contributed by atoms with van der Waals surface area (Å²) < 4.78 is 6.80. The van der Waals surface area contributed by atoms with Crippen molar-refractivity contribution in [3.8, 4) is 0 Å². The van der Waals surface area contributed by atoms with E-state index in [0.717, 1.165) is 41.5 Å². The number of ether oxygens (including phenoxy) is 1. The molecule has 32 heavy (non-hydrogen) atoms. The first kappa shape index (κ1) is 22.6. The van der Waals surface area contributed by atoms with E-state index >= 15 is 0 Å². The first-order valence-corrected chi connectivity index (χ1v) is 12.5. The fraction of sp³-hybridized carbons (Fsp3) is 0.455. The Morgan fingerprint density at radius 2 is 2.16 bits per heavy atom. The molecule has 1 aliphatic carbocycles. The van der Waals surface area contributed by atoms with Gasteiger partial charge in [-0.3, -0.25) is 9.36 Å². The number of fused-ring (bicyclic) bond motifs is 3. The number of amides is 2. The number of thiophene rings is 1. The molecule has 1 aliphatic heterocycles. The second kappa shape index (κ2) is 9.50. The summed E-state index contributed by atoms with van der Waals surface area (Å²) in [5.41, 5.74) is 1.94. The fourth-order valence-corrected chi connectivity index (χ4v) is 6.43. The molecule has 1 unspecified atom stereocenters. The van der Waals surface area contributed by atoms with Crippen LogP contribution in [0.3, 0.4) is 0 Å². The number of rotatable bonds is 7. The first-order valence-electron chi connectivity index (χ1n) is 10.7. The maximum Gasteiger partial charge on any atom is 0.337 e. The summed E-state index contributed by atoms with van der Waals surface area (Å²) in [4.78, 5) is 44.7. The quantitative estimate of drug-likeness (QED) is 0.277. The van der Waals surface area contributed by atoms with Gasteiger partial charge >= 0.3 is 12.0 Å². The SMILES string of the molecule is C=CCn1c(SCC2=C(C(=O)OCC)C(C)NC(=O)N2)nc2sc3c(c2c1=O)CCCC3. The molecule has 1 atom stereocenters. The second-order valence-electron chi connectivity index (χ2n) is 7.71. The molecule has 0 aromatic carbocycles. The molecule has 2 aliphatic rings. The number of aryl methyl sites for hydroxylation is 2. The molecule has 2 N–H and O–H groups in total. The van der Waals surface area contributed by atoms with Crippen LogP contribution in [0.15, 0.2) is 33.9 Å². The van der Waals surface area contributed by atoms with Crippen LogP contribution in [0, 0.1) is 0 Å². The summed E-state index contributed by atoms with van der Waals surface area (Å²) >= 11 is 2.91. The lowest BCUT2D eigenvalue weighted by molar-refractivity contribution is -0.138. The molecule has 0 spiro atoms. The number of carbonyl (C=O) groups excluding carboxylic acids is 2. The molecule has 2 aromatic heterocycles. The van der Waals surface area contributed by atoms with Crippen molar-refractivity contribution in [2.45, 2.75) is 57.3 Å². The molecule has 2 amide bonds. The average Bonchev–Trinajstić information content (AvgIpc) is 3.12. The zero-order valence-electron chi connectivity index (χ0n) is 18.2.